The Morgan fingerprint density at radius 1 is 1.29 bits per heavy atom. The predicted molar refractivity (Wildman–Crippen MR) is 91.8 cm³/mol. The summed E-state index contributed by atoms with van der Waals surface area (Å²) >= 11 is 0. The molecular weight excluding hydrogens is 256 g/mol. The van der Waals surface area contributed by atoms with E-state index in [1.165, 1.54) is 62.0 Å². The van der Waals surface area contributed by atoms with Crippen LogP contribution in [0.15, 0.2) is 18.2 Å². The highest BCUT2D eigenvalue weighted by Crippen LogP contribution is 2.24. The molecule has 0 aliphatic carbocycles. The summed E-state index contributed by atoms with van der Waals surface area (Å²) in [7, 11) is 0. The van der Waals surface area contributed by atoms with Gasteiger partial charge in [0.05, 0.1) is 0 Å². The van der Waals surface area contributed by atoms with Crippen LogP contribution >= 0.6 is 0 Å². The summed E-state index contributed by atoms with van der Waals surface area (Å²) in [4.78, 5) is 2.68. The summed E-state index contributed by atoms with van der Waals surface area (Å²) in [5, 5.41) is 3.65. The molecule has 2 heteroatoms. The zero-order chi connectivity index (χ0) is 15.2. The maximum absolute atomic E-state index is 3.65. The van der Waals surface area contributed by atoms with E-state index in [2.05, 4.69) is 56.1 Å². The maximum atomic E-state index is 3.65. The molecule has 2 atom stereocenters. The molecule has 2 unspecified atom stereocenters. The van der Waals surface area contributed by atoms with Gasteiger partial charge in [-0.25, -0.2) is 0 Å². The van der Waals surface area contributed by atoms with Gasteiger partial charge < -0.3 is 5.32 Å². The smallest absolute Gasteiger partial charge is 0.0320 e. The average molecular weight is 288 g/mol. The van der Waals surface area contributed by atoms with Crippen molar-refractivity contribution in [1.29, 1.82) is 0 Å². The van der Waals surface area contributed by atoms with Crippen LogP contribution in [0.4, 0.5) is 0 Å². The fourth-order valence-corrected chi connectivity index (χ4v) is 3.24. The fourth-order valence-electron chi connectivity index (χ4n) is 3.24. The van der Waals surface area contributed by atoms with Crippen molar-refractivity contribution >= 4 is 0 Å². The molecule has 21 heavy (non-hydrogen) atoms. The molecule has 1 N–H and O–H groups in total. The van der Waals surface area contributed by atoms with Gasteiger partial charge in [0.25, 0.3) is 0 Å². The van der Waals surface area contributed by atoms with Crippen LogP contribution in [-0.2, 0) is 0 Å². The molecule has 0 aromatic heterocycles. The van der Waals surface area contributed by atoms with Crippen LogP contribution in [0.1, 0.15) is 62.3 Å². The molecule has 1 saturated heterocycles. The molecule has 0 radical (unpaired) electrons. The van der Waals surface area contributed by atoms with Crippen LogP contribution in [0.3, 0.4) is 0 Å². The molecule has 2 nitrogen and oxygen atoms in total. The van der Waals surface area contributed by atoms with Gasteiger partial charge in [0.2, 0.25) is 0 Å². The van der Waals surface area contributed by atoms with Crippen molar-refractivity contribution in [3.63, 3.8) is 0 Å². The average Bonchev–Trinajstić information content (AvgIpc) is 2.98. The van der Waals surface area contributed by atoms with E-state index in [0.29, 0.717) is 12.1 Å². The molecule has 0 bridgehead atoms. The highest BCUT2D eigenvalue weighted by Gasteiger charge is 2.22. The maximum Gasteiger partial charge on any atom is 0.0320 e. The van der Waals surface area contributed by atoms with Crippen molar-refractivity contribution in [3.05, 3.63) is 34.9 Å². The predicted octanol–water partition coefficient (Wildman–Crippen LogP) is 4.22. The van der Waals surface area contributed by atoms with Crippen molar-refractivity contribution in [2.24, 2.45) is 0 Å². The van der Waals surface area contributed by atoms with Crippen molar-refractivity contribution in [2.75, 3.05) is 19.6 Å². The minimum absolute atomic E-state index is 0.512. The second kappa shape index (κ2) is 7.95. The molecule has 1 aromatic rings. The summed E-state index contributed by atoms with van der Waals surface area (Å²) < 4.78 is 0. The minimum Gasteiger partial charge on any atom is -0.313 e. The summed E-state index contributed by atoms with van der Waals surface area (Å²) in [6.07, 6.45) is 5.24. The summed E-state index contributed by atoms with van der Waals surface area (Å²) in [5.41, 5.74) is 4.27. The van der Waals surface area contributed by atoms with Crippen LogP contribution in [-0.4, -0.2) is 30.6 Å². The van der Waals surface area contributed by atoms with Crippen molar-refractivity contribution < 1.29 is 0 Å². The van der Waals surface area contributed by atoms with Gasteiger partial charge in [-0.15, -0.1) is 0 Å². The van der Waals surface area contributed by atoms with Gasteiger partial charge in [0.1, 0.15) is 0 Å². The largest absolute Gasteiger partial charge is 0.313 e. The third-order valence-electron chi connectivity index (χ3n) is 4.98. The summed E-state index contributed by atoms with van der Waals surface area (Å²) in [5.74, 6) is 0. The van der Waals surface area contributed by atoms with Gasteiger partial charge in [-0.05, 0) is 69.8 Å². The molecule has 0 saturated carbocycles. The molecular formula is C19H32N2. The lowest BCUT2D eigenvalue weighted by Crippen LogP contribution is -2.39. The molecule has 1 aromatic carbocycles. The van der Waals surface area contributed by atoms with Gasteiger partial charge >= 0.3 is 0 Å². The Hall–Kier alpha value is -0.860. The SMILES string of the molecule is CCCCN(CC1CCCN1)C(C)c1ccc(C)c(C)c1. The first-order chi connectivity index (χ1) is 10.1. The number of rotatable bonds is 7. The second-order valence-corrected chi connectivity index (χ2v) is 6.66. The van der Waals surface area contributed by atoms with Gasteiger partial charge in [-0.3, -0.25) is 4.90 Å². The number of benzene rings is 1. The van der Waals surface area contributed by atoms with Gasteiger partial charge in [-0.1, -0.05) is 31.5 Å². The fraction of sp³-hybridized carbons (Fsp3) is 0.684. The Kier molecular flexibility index (Phi) is 6.25. The molecule has 118 valence electrons. The standard InChI is InChI=1S/C19H32N2/c1-5-6-12-21(14-19-8-7-11-20-19)17(4)18-10-9-15(2)16(3)13-18/h9-10,13,17,19-20H,5-8,11-12,14H2,1-4H3. The Morgan fingerprint density at radius 2 is 2.10 bits per heavy atom. The van der Waals surface area contributed by atoms with E-state index in [-0.39, 0.29) is 0 Å². The topological polar surface area (TPSA) is 15.3 Å². The van der Waals surface area contributed by atoms with E-state index in [1.54, 1.807) is 0 Å². The van der Waals surface area contributed by atoms with E-state index >= 15 is 0 Å². The second-order valence-electron chi connectivity index (χ2n) is 6.66. The Morgan fingerprint density at radius 3 is 2.71 bits per heavy atom. The lowest BCUT2D eigenvalue weighted by Gasteiger charge is -2.32. The monoisotopic (exact) mass is 288 g/mol. The van der Waals surface area contributed by atoms with Crippen LogP contribution in [0.5, 0.6) is 0 Å². The van der Waals surface area contributed by atoms with Crippen molar-refractivity contribution in [3.8, 4) is 0 Å². The third kappa shape index (κ3) is 4.55. The van der Waals surface area contributed by atoms with E-state index in [0.717, 1.165) is 0 Å². The Bertz CT molecular complexity index is 435. The Labute approximate surface area is 130 Å². The van der Waals surface area contributed by atoms with Crippen LogP contribution in [0.2, 0.25) is 0 Å². The zero-order valence-corrected chi connectivity index (χ0v) is 14.3. The lowest BCUT2D eigenvalue weighted by atomic mass is 10.00. The minimum atomic E-state index is 0.512. The third-order valence-corrected chi connectivity index (χ3v) is 4.98. The first-order valence-corrected chi connectivity index (χ1v) is 8.66. The first-order valence-electron chi connectivity index (χ1n) is 8.66. The Balaban J connectivity index is 2.07. The van der Waals surface area contributed by atoms with E-state index in [1.807, 2.05) is 0 Å². The van der Waals surface area contributed by atoms with Gasteiger partial charge in [0, 0.05) is 18.6 Å². The van der Waals surface area contributed by atoms with Crippen LogP contribution in [0.25, 0.3) is 0 Å². The summed E-state index contributed by atoms with van der Waals surface area (Å²) in [6.45, 7) is 12.7. The van der Waals surface area contributed by atoms with E-state index in [9.17, 15) is 0 Å². The molecule has 1 aliphatic rings. The zero-order valence-electron chi connectivity index (χ0n) is 14.3. The normalized spacial score (nSPS) is 20.1. The first kappa shape index (κ1) is 16.5. The number of hydrogen-bond donors (Lipinski definition) is 1. The molecule has 1 heterocycles. The highest BCUT2D eigenvalue weighted by molar-refractivity contribution is 5.31. The molecule has 1 aliphatic heterocycles. The number of aryl methyl sites for hydroxylation is 2. The quantitative estimate of drug-likeness (QED) is 0.808. The molecule has 0 spiro atoms. The van der Waals surface area contributed by atoms with Crippen LogP contribution < -0.4 is 5.32 Å². The number of unbranched alkanes of at least 4 members (excludes halogenated alkanes) is 1. The molecule has 2 rings (SSSR count). The summed E-state index contributed by atoms with van der Waals surface area (Å²) in [6, 6.07) is 8.16. The highest BCUT2D eigenvalue weighted by atomic mass is 15.2. The molecule has 0 amide bonds. The number of hydrogen-bond acceptors (Lipinski definition) is 2. The van der Waals surface area contributed by atoms with Crippen molar-refractivity contribution in [2.45, 2.75) is 65.5 Å². The van der Waals surface area contributed by atoms with Gasteiger partial charge in [-0.2, -0.15) is 0 Å². The van der Waals surface area contributed by atoms with E-state index in [4.69, 9.17) is 0 Å². The van der Waals surface area contributed by atoms with Crippen molar-refractivity contribution in [1.82, 2.24) is 10.2 Å². The van der Waals surface area contributed by atoms with Crippen LogP contribution in [0, 0.1) is 13.8 Å². The lowest BCUT2D eigenvalue weighted by molar-refractivity contribution is 0.189. The van der Waals surface area contributed by atoms with Gasteiger partial charge in [0.15, 0.2) is 0 Å². The molecule has 1 fully saturated rings. The van der Waals surface area contributed by atoms with E-state index < -0.39 is 0 Å². The number of nitrogens with zero attached hydrogens (tertiary/aromatic N) is 1. The number of nitrogens with one attached hydrogen (secondary N) is 1.